The summed E-state index contributed by atoms with van der Waals surface area (Å²) < 4.78 is 7.60. The molecule has 2 saturated heterocycles. The van der Waals surface area contributed by atoms with E-state index >= 15 is 0 Å². The minimum atomic E-state index is 0. The number of ether oxygens (including phenoxy) is 1. The lowest BCUT2D eigenvalue weighted by Crippen LogP contribution is -2.49. The fraction of sp³-hybridized carbons (Fsp3) is 0.565. The maximum absolute atomic E-state index is 5.71. The topological polar surface area (TPSA) is 54.7 Å². The molecule has 3 heterocycles. The molecule has 30 heavy (non-hydrogen) atoms. The number of halogens is 1. The van der Waals surface area contributed by atoms with Gasteiger partial charge in [-0.15, -0.1) is 24.0 Å². The number of hydrogen-bond acceptors (Lipinski definition) is 3. The SMILES string of the molecule is CN=C(NCC1(c2ccccc2C)CCOCC1)N1CCC(c2cnn(C)c2)C1.I. The first-order valence-corrected chi connectivity index (χ1v) is 10.7. The molecule has 164 valence electrons. The van der Waals surface area contributed by atoms with Crippen molar-refractivity contribution in [3.63, 3.8) is 0 Å². The van der Waals surface area contributed by atoms with Crippen molar-refractivity contribution in [1.82, 2.24) is 20.0 Å². The van der Waals surface area contributed by atoms with Crippen LogP contribution >= 0.6 is 24.0 Å². The fourth-order valence-corrected chi connectivity index (χ4v) is 4.93. The minimum absolute atomic E-state index is 0. The van der Waals surface area contributed by atoms with Crippen LogP contribution in [0, 0.1) is 6.92 Å². The minimum Gasteiger partial charge on any atom is -0.381 e. The van der Waals surface area contributed by atoms with Crippen molar-refractivity contribution in [3.8, 4) is 0 Å². The molecule has 4 rings (SSSR count). The lowest BCUT2D eigenvalue weighted by atomic mass is 9.72. The number of nitrogens with one attached hydrogen (secondary N) is 1. The van der Waals surface area contributed by atoms with Crippen LogP contribution < -0.4 is 5.32 Å². The number of nitrogens with zero attached hydrogens (tertiary/aromatic N) is 4. The number of benzene rings is 1. The molecule has 1 aromatic carbocycles. The molecule has 2 aliphatic rings. The molecule has 0 aliphatic carbocycles. The van der Waals surface area contributed by atoms with Gasteiger partial charge in [-0.05, 0) is 42.9 Å². The van der Waals surface area contributed by atoms with Gasteiger partial charge in [0.25, 0.3) is 0 Å². The molecule has 2 fully saturated rings. The highest BCUT2D eigenvalue weighted by Crippen LogP contribution is 2.36. The number of hydrogen-bond donors (Lipinski definition) is 1. The third kappa shape index (κ3) is 4.82. The predicted molar refractivity (Wildman–Crippen MR) is 132 cm³/mol. The largest absolute Gasteiger partial charge is 0.381 e. The summed E-state index contributed by atoms with van der Waals surface area (Å²) in [5, 5.41) is 8.06. The first kappa shape index (κ1) is 23.1. The number of guanidine groups is 1. The van der Waals surface area contributed by atoms with E-state index in [1.165, 1.54) is 16.7 Å². The van der Waals surface area contributed by atoms with Crippen LogP contribution in [0.25, 0.3) is 0 Å². The molecule has 0 amide bonds. The second kappa shape index (κ2) is 10.1. The van der Waals surface area contributed by atoms with E-state index in [1.54, 1.807) is 0 Å². The van der Waals surface area contributed by atoms with E-state index in [0.717, 1.165) is 58.1 Å². The quantitative estimate of drug-likeness (QED) is 0.379. The Kier molecular flexibility index (Phi) is 7.79. The number of aryl methyl sites for hydroxylation is 2. The standard InChI is InChI=1S/C23H33N5O.HI/c1-18-6-4-5-7-21(18)23(9-12-29-13-10-23)17-25-22(24-2)28-11-8-19(16-28)20-14-26-27(3)15-20;/h4-7,14-15,19H,8-13,16-17H2,1-3H3,(H,24,25);1H. The Bertz CT molecular complexity index is 859. The van der Waals surface area contributed by atoms with Crippen molar-refractivity contribution in [2.75, 3.05) is 39.9 Å². The normalized spacial score (nSPS) is 21.4. The zero-order chi connectivity index (χ0) is 20.3. The molecule has 1 aromatic heterocycles. The first-order valence-electron chi connectivity index (χ1n) is 10.7. The van der Waals surface area contributed by atoms with E-state index in [0.29, 0.717) is 5.92 Å². The lowest BCUT2D eigenvalue weighted by molar-refractivity contribution is 0.0510. The highest BCUT2D eigenvalue weighted by atomic mass is 127. The molecule has 7 heteroatoms. The Balaban J connectivity index is 0.00000256. The fourth-order valence-electron chi connectivity index (χ4n) is 4.93. The molecular weight excluding hydrogens is 489 g/mol. The van der Waals surface area contributed by atoms with Gasteiger partial charge in [-0.3, -0.25) is 9.67 Å². The summed E-state index contributed by atoms with van der Waals surface area (Å²) in [5.41, 5.74) is 4.23. The van der Waals surface area contributed by atoms with Gasteiger partial charge >= 0.3 is 0 Å². The van der Waals surface area contributed by atoms with Gasteiger partial charge in [0, 0.05) is 64.5 Å². The second-order valence-electron chi connectivity index (χ2n) is 8.49. The van der Waals surface area contributed by atoms with E-state index in [4.69, 9.17) is 4.74 Å². The molecule has 6 nitrogen and oxygen atoms in total. The van der Waals surface area contributed by atoms with Crippen LogP contribution in [0.3, 0.4) is 0 Å². The summed E-state index contributed by atoms with van der Waals surface area (Å²) in [7, 11) is 3.87. The van der Waals surface area contributed by atoms with E-state index in [2.05, 4.69) is 57.7 Å². The summed E-state index contributed by atoms with van der Waals surface area (Å²) in [6.45, 7) is 6.77. The van der Waals surface area contributed by atoms with Crippen molar-refractivity contribution in [2.24, 2.45) is 12.0 Å². The van der Waals surface area contributed by atoms with E-state index in [1.807, 2.05) is 25.0 Å². The number of aliphatic imine (C=N–C) groups is 1. The van der Waals surface area contributed by atoms with Gasteiger partial charge in [0.2, 0.25) is 0 Å². The van der Waals surface area contributed by atoms with E-state index in [9.17, 15) is 0 Å². The number of likely N-dealkylation sites (tertiary alicyclic amines) is 1. The van der Waals surface area contributed by atoms with Crippen LogP contribution in [0.4, 0.5) is 0 Å². The summed E-state index contributed by atoms with van der Waals surface area (Å²) >= 11 is 0. The monoisotopic (exact) mass is 523 g/mol. The molecular formula is C23H34IN5O. The molecule has 1 N–H and O–H groups in total. The van der Waals surface area contributed by atoms with Gasteiger partial charge in [0.15, 0.2) is 5.96 Å². The Morgan fingerprint density at radius 1 is 1.30 bits per heavy atom. The summed E-state index contributed by atoms with van der Waals surface area (Å²) in [4.78, 5) is 7.01. The van der Waals surface area contributed by atoms with Crippen molar-refractivity contribution in [2.45, 2.75) is 37.5 Å². The summed E-state index contributed by atoms with van der Waals surface area (Å²) in [6, 6.07) is 8.80. The van der Waals surface area contributed by atoms with Crippen LogP contribution in [0.15, 0.2) is 41.7 Å². The second-order valence-corrected chi connectivity index (χ2v) is 8.49. The van der Waals surface area contributed by atoms with Crippen LogP contribution in [0.2, 0.25) is 0 Å². The number of rotatable bonds is 4. The molecule has 0 radical (unpaired) electrons. The molecule has 2 aliphatic heterocycles. The summed E-state index contributed by atoms with van der Waals surface area (Å²) in [5.74, 6) is 1.53. The predicted octanol–water partition coefficient (Wildman–Crippen LogP) is 3.46. The lowest BCUT2D eigenvalue weighted by Gasteiger charge is -2.39. The van der Waals surface area contributed by atoms with Crippen LogP contribution in [-0.4, -0.2) is 60.5 Å². The van der Waals surface area contributed by atoms with Crippen LogP contribution in [0.1, 0.15) is 41.9 Å². The average molecular weight is 523 g/mol. The first-order chi connectivity index (χ1) is 14.1. The molecule has 0 saturated carbocycles. The third-order valence-electron chi connectivity index (χ3n) is 6.65. The maximum atomic E-state index is 5.71. The van der Waals surface area contributed by atoms with Crippen molar-refractivity contribution < 1.29 is 4.74 Å². The van der Waals surface area contributed by atoms with Gasteiger partial charge in [0.05, 0.1) is 6.20 Å². The number of aromatic nitrogens is 2. The van der Waals surface area contributed by atoms with Crippen molar-refractivity contribution >= 4 is 29.9 Å². The van der Waals surface area contributed by atoms with E-state index in [-0.39, 0.29) is 29.4 Å². The van der Waals surface area contributed by atoms with Crippen molar-refractivity contribution in [3.05, 3.63) is 53.3 Å². The zero-order valence-corrected chi connectivity index (χ0v) is 20.6. The zero-order valence-electron chi connectivity index (χ0n) is 18.3. The van der Waals surface area contributed by atoms with Gasteiger partial charge in [-0.2, -0.15) is 5.10 Å². The molecule has 1 unspecified atom stereocenters. The molecule has 0 bridgehead atoms. The maximum Gasteiger partial charge on any atom is 0.193 e. The smallest absolute Gasteiger partial charge is 0.193 e. The molecule has 1 atom stereocenters. The Morgan fingerprint density at radius 3 is 2.73 bits per heavy atom. The Morgan fingerprint density at radius 2 is 2.07 bits per heavy atom. The van der Waals surface area contributed by atoms with Gasteiger partial charge in [-0.25, -0.2) is 0 Å². The van der Waals surface area contributed by atoms with Crippen LogP contribution in [-0.2, 0) is 17.2 Å². The van der Waals surface area contributed by atoms with Crippen molar-refractivity contribution in [1.29, 1.82) is 0 Å². The Labute approximate surface area is 197 Å². The average Bonchev–Trinajstić information content (AvgIpc) is 3.39. The van der Waals surface area contributed by atoms with Gasteiger partial charge in [-0.1, -0.05) is 24.3 Å². The molecule has 2 aromatic rings. The van der Waals surface area contributed by atoms with Gasteiger partial charge < -0.3 is 15.0 Å². The van der Waals surface area contributed by atoms with Gasteiger partial charge in [0.1, 0.15) is 0 Å². The van der Waals surface area contributed by atoms with E-state index < -0.39 is 0 Å². The summed E-state index contributed by atoms with van der Waals surface area (Å²) in [6.07, 6.45) is 7.36. The highest BCUT2D eigenvalue weighted by molar-refractivity contribution is 14.0. The van der Waals surface area contributed by atoms with Crippen LogP contribution in [0.5, 0.6) is 0 Å². The third-order valence-corrected chi connectivity index (χ3v) is 6.65. The molecule has 0 spiro atoms. The Hall–Kier alpha value is -1.61. The highest BCUT2D eigenvalue weighted by Gasteiger charge is 2.36.